The number of hydrogen-bond acceptors (Lipinski definition) is 4. The molecule has 3 heterocycles. The minimum absolute atomic E-state index is 0.0345. The van der Waals surface area contributed by atoms with E-state index < -0.39 is 0 Å². The monoisotopic (exact) mass is 336 g/mol. The molecule has 4 rings (SSSR count). The molecule has 3 aromatic rings. The van der Waals surface area contributed by atoms with E-state index in [0.717, 1.165) is 36.8 Å². The maximum absolute atomic E-state index is 12.8. The highest BCUT2D eigenvalue weighted by Crippen LogP contribution is 2.31. The number of nitrogens with zero attached hydrogens (tertiary/aromatic N) is 3. The van der Waals surface area contributed by atoms with E-state index in [1.807, 2.05) is 40.9 Å². The fraction of sp³-hybridized carbons (Fsp3) is 0.263. The van der Waals surface area contributed by atoms with Crippen LogP contribution in [0.1, 0.15) is 23.2 Å². The lowest BCUT2D eigenvalue weighted by molar-refractivity contribution is 0.0794. The largest absolute Gasteiger partial charge is 0.438 e. The third-order valence-corrected chi connectivity index (χ3v) is 4.57. The molecule has 1 fully saturated rings. The number of rotatable bonds is 3. The third kappa shape index (κ3) is 2.80. The lowest BCUT2D eigenvalue weighted by atomic mass is 10.2. The summed E-state index contributed by atoms with van der Waals surface area (Å²) < 4.78 is 7.85. The van der Waals surface area contributed by atoms with E-state index in [2.05, 4.69) is 4.98 Å². The molecule has 6 nitrogen and oxygen atoms in total. The number of carbonyl (C=O) groups is 1. The van der Waals surface area contributed by atoms with Crippen molar-refractivity contribution in [2.75, 3.05) is 18.8 Å². The molecular weight excluding hydrogens is 316 g/mol. The van der Waals surface area contributed by atoms with Crippen LogP contribution in [0.15, 0.2) is 42.7 Å². The Morgan fingerprint density at radius 3 is 2.80 bits per heavy atom. The van der Waals surface area contributed by atoms with Crippen LogP contribution in [0.25, 0.3) is 10.9 Å². The molecule has 1 aliphatic rings. The van der Waals surface area contributed by atoms with Crippen LogP contribution in [-0.4, -0.2) is 33.4 Å². The number of carbonyl (C=O) groups excluding carboxylic acids is 1. The fourth-order valence-corrected chi connectivity index (χ4v) is 3.31. The first-order valence-electron chi connectivity index (χ1n) is 8.40. The van der Waals surface area contributed by atoms with Crippen LogP contribution in [-0.2, 0) is 7.05 Å². The molecule has 0 bridgehead atoms. The number of hydrogen-bond donors (Lipinski definition) is 1. The Labute approximate surface area is 145 Å². The summed E-state index contributed by atoms with van der Waals surface area (Å²) >= 11 is 0. The van der Waals surface area contributed by atoms with E-state index in [9.17, 15) is 4.79 Å². The van der Waals surface area contributed by atoms with E-state index in [4.69, 9.17) is 10.5 Å². The summed E-state index contributed by atoms with van der Waals surface area (Å²) in [6.07, 6.45) is 5.65. The number of nitrogens with two attached hydrogens (primary N) is 1. The number of benzene rings is 1. The number of pyridine rings is 1. The summed E-state index contributed by atoms with van der Waals surface area (Å²) in [4.78, 5) is 19.1. The van der Waals surface area contributed by atoms with Crippen LogP contribution in [0.3, 0.4) is 0 Å². The Bertz CT molecular complexity index is 942. The minimum Gasteiger partial charge on any atom is -0.438 e. The van der Waals surface area contributed by atoms with E-state index in [1.54, 1.807) is 18.3 Å². The lowest BCUT2D eigenvalue weighted by Gasteiger charge is -2.17. The molecule has 0 unspecified atom stereocenters. The molecule has 2 N–H and O–H groups in total. The Morgan fingerprint density at radius 1 is 1.24 bits per heavy atom. The smallest absolute Gasteiger partial charge is 0.257 e. The van der Waals surface area contributed by atoms with Crippen molar-refractivity contribution >= 4 is 22.5 Å². The highest BCUT2D eigenvalue weighted by molar-refractivity contribution is 6.06. The van der Waals surface area contributed by atoms with Gasteiger partial charge in [-0.05, 0) is 31.0 Å². The molecule has 6 heteroatoms. The zero-order valence-electron chi connectivity index (χ0n) is 14.1. The van der Waals surface area contributed by atoms with Crippen molar-refractivity contribution in [2.24, 2.45) is 7.05 Å². The molecular formula is C19H20N4O2. The number of likely N-dealkylation sites (tertiary alicyclic amines) is 1. The molecule has 0 radical (unpaired) electrons. The molecule has 0 atom stereocenters. The van der Waals surface area contributed by atoms with Gasteiger partial charge in [0.2, 0.25) is 5.88 Å². The third-order valence-electron chi connectivity index (χ3n) is 4.57. The predicted octanol–water partition coefficient (Wildman–Crippen LogP) is 3.18. The number of aryl methyl sites for hydroxylation is 1. The zero-order chi connectivity index (χ0) is 17.4. The topological polar surface area (TPSA) is 73.4 Å². The van der Waals surface area contributed by atoms with Crippen molar-refractivity contribution < 1.29 is 9.53 Å². The second kappa shape index (κ2) is 6.12. The van der Waals surface area contributed by atoms with Gasteiger partial charge in [-0.3, -0.25) is 4.79 Å². The van der Waals surface area contributed by atoms with E-state index >= 15 is 0 Å². The molecule has 0 aliphatic carbocycles. The Kier molecular flexibility index (Phi) is 3.80. The van der Waals surface area contributed by atoms with Gasteiger partial charge in [0.1, 0.15) is 5.75 Å². The van der Waals surface area contributed by atoms with Crippen molar-refractivity contribution in [2.45, 2.75) is 12.8 Å². The quantitative estimate of drug-likeness (QED) is 0.746. The van der Waals surface area contributed by atoms with Crippen LogP contribution in [0, 0.1) is 0 Å². The van der Waals surface area contributed by atoms with Crippen LogP contribution < -0.4 is 10.5 Å². The molecule has 1 aromatic carbocycles. The first-order valence-corrected chi connectivity index (χ1v) is 8.40. The number of fused-ring (bicyclic) bond motifs is 1. The Balaban J connectivity index is 1.76. The van der Waals surface area contributed by atoms with Crippen LogP contribution in [0.4, 0.5) is 5.69 Å². The number of amides is 1. The van der Waals surface area contributed by atoms with Gasteiger partial charge in [0.05, 0.1) is 16.5 Å². The van der Waals surface area contributed by atoms with Crippen LogP contribution in [0.2, 0.25) is 0 Å². The van der Waals surface area contributed by atoms with Gasteiger partial charge >= 0.3 is 0 Å². The van der Waals surface area contributed by atoms with Crippen molar-refractivity contribution in [1.29, 1.82) is 0 Å². The number of anilines is 1. The van der Waals surface area contributed by atoms with Gasteiger partial charge in [-0.15, -0.1) is 0 Å². The maximum Gasteiger partial charge on any atom is 0.257 e. The molecule has 25 heavy (non-hydrogen) atoms. The van der Waals surface area contributed by atoms with Gasteiger partial charge in [-0.25, -0.2) is 4.98 Å². The van der Waals surface area contributed by atoms with Gasteiger partial charge in [0, 0.05) is 44.3 Å². The van der Waals surface area contributed by atoms with Gasteiger partial charge in [0.25, 0.3) is 5.91 Å². The summed E-state index contributed by atoms with van der Waals surface area (Å²) in [6, 6.07) is 9.13. The van der Waals surface area contributed by atoms with Crippen molar-refractivity contribution in [1.82, 2.24) is 14.5 Å². The molecule has 1 amide bonds. The van der Waals surface area contributed by atoms with Gasteiger partial charge in [-0.2, -0.15) is 0 Å². The molecule has 128 valence electrons. The second-order valence-electron chi connectivity index (χ2n) is 6.34. The van der Waals surface area contributed by atoms with Crippen molar-refractivity contribution in [3.63, 3.8) is 0 Å². The van der Waals surface area contributed by atoms with E-state index in [0.29, 0.717) is 22.9 Å². The first kappa shape index (κ1) is 15.5. The Hall–Kier alpha value is -3.02. The zero-order valence-corrected chi connectivity index (χ0v) is 14.1. The molecule has 1 aliphatic heterocycles. The normalized spacial score (nSPS) is 14.2. The van der Waals surface area contributed by atoms with Crippen molar-refractivity contribution in [3.8, 4) is 11.6 Å². The maximum atomic E-state index is 12.8. The van der Waals surface area contributed by atoms with Gasteiger partial charge in [-0.1, -0.05) is 6.07 Å². The number of aromatic nitrogens is 2. The van der Waals surface area contributed by atoms with Crippen LogP contribution in [0.5, 0.6) is 11.6 Å². The number of nitrogen functional groups attached to an aromatic ring is 1. The molecule has 2 aromatic heterocycles. The average molecular weight is 336 g/mol. The molecule has 1 saturated heterocycles. The predicted molar refractivity (Wildman–Crippen MR) is 96.8 cm³/mol. The summed E-state index contributed by atoms with van der Waals surface area (Å²) in [5.41, 5.74) is 7.89. The lowest BCUT2D eigenvalue weighted by Crippen LogP contribution is -2.28. The molecule has 0 spiro atoms. The highest BCUT2D eigenvalue weighted by atomic mass is 16.5. The van der Waals surface area contributed by atoms with E-state index in [1.165, 1.54) is 0 Å². The standard InChI is InChI=1S/C19H20N4O2/c1-22-10-7-15-17(22)16(19(24)23-8-2-3-9-23)12-21-18(15)25-14-6-4-5-13(20)11-14/h4-7,10-12H,2-3,8-9,20H2,1H3. The first-order chi connectivity index (χ1) is 12.1. The second-order valence-corrected chi connectivity index (χ2v) is 6.34. The Morgan fingerprint density at radius 2 is 2.04 bits per heavy atom. The summed E-state index contributed by atoms with van der Waals surface area (Å²) in [5, 5.41) is 0.815. The van der Waals surface area contributed by atoms with Gasteiger partial charge < -0.3 is 19.9 Å². The van der Waals surface area contributed by atoms with E-state index in [-0.39, 0.29) is 5.91 Å². The number of ether oxygens (including phenoxy) is 1. The average Bonchev–Trinajstić information content (AvgIpc) is 3.25. The summed E-state index contributed by atoms with van der Waals surface area (Å²) in [6.45, 7) is 1.62. The highest BCUT2D eigenvalue weighted by Gasteiger charge is 2.24. The van der Waals surface area contributed by atoms with Crippen LogP contribution >= 0.6 is 0 Å². The SMILES string of the molecule is Cn1ccc2c(Oc3cccc(N)c3)ncc(C(=O)N3CCCC3)c21. The molecule has 0 saturated carbocycles. The fourth-order valence-electron chi connectivity index (χ4n) is 3.31. The van der Waals surface area contributed by atoms with Gasteiger partial charge in [0.15, 0.2) is 0 Å². The summed E-state index contributed by atoms with van der Waals surface area (Å²) in [5.74, 6) is 1.13. The summed E-state index contributed by atoms with van der Waals surface area (Å²) in [7, 11) is 1.92. The van der Waals surface area contributed by atoms with Crippen molar-refractivity contribution in [3.05, 3.63) is 48.3 Å². The minimum atomic E-state index is 0.0345.